The molecule has 8 heteroatoms. The lowest BCUT2D eigenvalue weighted by Gasteiger charge is -2.33. The predicted octanol–water partition coefficient (Wildman–Crippen LogP) is 3.07. The number of morpholine rings is 1. The van der Waals surface area contributed by atoms with E-state index in [0.29, 0.717) is 19.7 Å². The maximum atomic E-state index is 12.6. The smallest absolute Gasteiger partial charge is 0.322 e. The average molecular weight is 373 g/mol. The summed E-state index contributed by atoms with van der Waals surface area (Å²) < 4.78 is 7.68. The number of aromatic nitrogens is 3. The van der Waals surface area contributed by atoms with Crippen LogP contribution in [0.1, 0.15) is 30.6 Å². The van der Waals surface area contributed by atoms with E-state index >= 15 is 0 Å². The van der Waals surface area contributed by atoms with Crippen LogP contribution >= 0.6 is 11.8 Å². The van der Waals surface area contributed by atoms with Gasteiger partial charge in [0.25, 0.3) is 0 Å². The van der Waals surface area contributed by atoms with Gasteiger partial charge >= 0.3 is 6.03 Å². The fraction of sp³-hybridized carbons (Fsp3) is 0.500. The highest BCUT2D eigenvalue weighted by Gasteiger charge is 2.48. The molecule has 2 amide bonds. The molecule has 1 aliphatic carbocycles. The summed E-state index contributed by atoms with van der Waals surface area (Å²) in [6, 6.07) is 7.94. The normalized spacial score (nSPS) is 19.4. The van der Waals surface area contributed by atoms with Gasteiger partial charge in [0, 0.05) is 24.5 Å². The summed E-state index contributed by atoms with van der Waals surface area (Å²) in [6.07, 6.45) is 3.81. The molecule has 7 nitrogen and oxygen atoms in total. The molecule has 1 spiro atoms. The quantitative estimate of drug-likeness (QED) is 0.834. The number of carbonyl (C=O) groups excluding carboxylic acids is 1. The van der Waals surface area contributed by atoms with Gasteiger partial charge in [-0.15, -0.1) is 10.2 Å². The third-order valence-corrected chi connectivity index (χ3v) is 6.11. The first-order valence-corrected chi connectivity index (χ1v) is 9.73. The van der Waals surface area contributed by atoms with E-state index in [1.165, 1.54) is 0 Å². The molecule has 0 bridgehead atoms. The number of benzene rings is 1. The summed E-state index contributed by atoms with van der Waals surface area (Å²) in [5.41, 5.74) is 1.89. The molecule has 1 N–H and O–H groups in total. The van der Waals surface area contributed by atoms with Gasteiger partial charge in [0.15, 0.2) is 5.16 Å². The Morgan fingerprint density at radius 1 is 1.42 bits per heavy atom. The minimum Gasteiger partial charge on any atom is -0.371 e. The topological polar surface area (TPSA) is 72.3 Å². The molecule has 1 unspecified atom stereocenters. The Kier molecular flexibility index (Phi) is 4.62. The van der Waals surface area contributed by atoms with E-state index in [1.807, 2.05) is 34.7 Å². The van der Waals surface area contributed by atoms with Crippen LogP contribution in [-0.2, 0) is 11.8 Å². The Morgan fingerprint density at radius 2 is 2.27 bits per heavy atom. The number of anilines is 1. The second-order valence-electron chi connectivity index (χ2n) is 6.99. The standard InChI is InChI=1S/C18H23N5O2S/c1-13(26-17-21-19-12-22(17)2)14-4-3-5-15(10-14)20-16(24)23-8-9-25-18(11-23)6-7-18/h3-5,10,12-13H,6-9,11H2,1-2H3,(H,20,24). The minimum absolute atomic E-state index is 0.0506. The number of ether oxygens (including phenoxy) is 1. The van der Waals surface area contributed by atoms with E-state index in [1.54, 1.807) is 18.1 Å². The van der Waals surface area contributed by atoms with Gasteiger partial charge < -0.3 is 19.5 Å². The van der Waals surface area contributed by atoms with Crippen LogP contribution in [-0.4, -0.2) is 51.0 Å². The van der Waals surface area contributed by atoms with Gasteiger partial charge in [-0.1, -0.05) is 23.9 Å². The summed E-state index contributed by atoms with van der Waals surface area (Å²) in [6.45, 7) is 4.08. The Morgan fingerprint density at radius 3 is 3.00 bits per heavy atom. The Hall–Kier alpha value is -2.06. The lowest BCUT2D eigenvalue weighted by molar-refractivity contribution is -0.0301. The third-order valence-electron chi connectivity index (χ3n) is 4.90. The number of carbonyl (C=O) groups is 1. The molecule has 26 heavy (non-hydrogen) atoms. The molecule has 1 aromatic heterocycles. The second-order valence-corrected chi connectivity index (χ2v) is 8.30. The molecular weight excluding hydrogens is 350 g/mol. The molecule has 1 saturated heterocycles. The molecule has 1 aromatic carbocycles. The van der Waals surface area contributed by atoms with Gasteiger partial charge in [0.1, 0.15) is 6.33 Å². The van der Waals surface area contributed by atoms with Crippen molar-refractivity contribution in [2.45, 2.75) is 35.8 Å². The van der Waals surface area contributed by atoms with Crippen molar-refractivity contribution in [1.82, 2.24) is 19.7 Å². The van der Waals surface area contributed by atoms with E-state index in [0.717, 1.165) is 29.2 Å². The first-order valence-electron chi connectivity index (χ1n) is 8.85. The van der Waals surface area contributed by atoms with Gasteiger partial charge in [-0.3, -0.25) is 0 Å². The van der Waals surface area contributed by atoms with Gasteiger partial charge in [-0.2, -0.15) is 0 Å². The number of thioether (sulfide) groups is 1. The number of aryl methyl sites for hydroxylation is 1. The van der Waals surface area contributed by atoms with Crippen LogP contribution in [0.4, 0.5) is 10.5 Å². The number of nitrogens with one attached hydrogen (secondary N) is 1. The summed E-state index contributed by atoms with van der Waals surface area (Å²) >= 11 is 1.64. The van der Waals surface area contributed by atoms with Crippen LogP contribution in [0, 0.1) is 0 Å². The monoisotopic (exact) mass is 373 g/mol. The third kappa shape index (κ3) is 3.71. The summed E-state index contributed by atoms with van der Waals surface area (Å²) in [7, 11) is 1.93. The number of nitrogens with zero attached hydrogens (tertiary/aromatic N) is 4. The van der Waals surface area contributed by atoms with E-state index in [4.69, 9.17) is 4.74 Å². The first kappa shape index (κ1) is 17.4. The number of hydrogen-bond acceptors (Lipinski definition) is 5. The highest BCUT2D eigenvalue weighted by Crippen LogP contribution is 2.42. The number of hydrogen-bond donors (Lipinski definition) is 1. The zero-order valence-electron chi connectivity index (χ0n) is 15.0. The van der Waals surface area contributed by atoms with E-state index in [2.05, 4.69) is 28.5 Å². The molecule has 2 aliphatic rings. The Labute approximate surface area is 157 Å². The SMILES string of the molecule is CC(Sc1nncn1C)c1cccc(NC(=O)N2CCOC3(CC3)C2)c1. The lowest BCUT2D eigenvalue weighted by Crippen LogP contribution is -2.48. The average Bonchev–Trinajstić information content (AvgIpc) is 3.26. The highest BCUT2D eigenvalue weighted by molar-refractivity contribution is 7.99. The highest BCUT2D eigenvalue weighted by atomic mass is 32.2. The van der Waals surface area contributed by atoms with Crippen molar-refractivity contribution in [3.05, 3.63) is 36.2 Å². The lowest BCUT2D eigenvalue weighted by atomic mass is 10.1. The molecule has 1 saturated carbocycles. The zero-order valence-corrected chi connectivity index (χ0v) is 15.8. The summed E-state index contributed by atoms with van der Waals surface area (Å²) in [5, 5.41) is 12.1. The van der Waals surface area contributed by atoms with Crippen molar-refractivity contribution < 1.29 is 9.53 Å². The van der Waals surface area contributed by atoms with Crippen LogP contribution in [0.5, 0.6) is 0 Å². The second kappa shape index (κ2) is 6.92. The van der Waals surface area contributed by atoms with E-state index in [-0.39, 0.29) is 16.9 Å². The molecule has 2 fully saturated rings. The van der Waals surface area contributed by atoms with Gasteiger partial charge in [0.05, 0.1) is 18.8 Å². The molecule has 4 rings (SSSR count). The Bertz CT molecular complexity index is 804. The maximum Gasteiger partial charge on any atom is 0.322 e. The molecular formula is C18H23N5O2S. The van der Waals surface area contributed by atoms with Crippen LogP contribution in [0.15, 0.2) is 35.7 Å². The number of amides is 2. The summed E-state index contributed by atoms with van der Waals surface area (Å²) in [5.74, 6) is 0. The van der Waals surface area contributed by atoms with Gasteiger partial charge in [-0.25, -0.2) is 4.79 Å². The minimum atomic E-state index is -0.0569. The van der Waals surface area contributed by atoms with Crippen LogP contribution in [0.25, 0.3) is 0 Å². The van der Waals surface area contributed by atoms with E-state index < -0.39 is 0 Å². The van der Waals surface area contributed by atoms with Crippen molar-refractivity contribution in [2.75, 3.05) is 25.0 Å². The number of rotatable bonds is 4. The van der Waals surface area contributed by atoms with Crippen molar-refractivity contribution in [3.63, 3.8) is 0 Å². The molecule has 2 aromatic rings. The van der Waals surface area contributed by atoms with Gasteiger partial charge in [0.2, 0.25) is 0 Å². The molecule has 1 atom stereocenters. The van der Waals surface area contributed by atoms with Crippen molar-refractivity contribution >= 4 is 23.5 Å². The fourth-order valence-electron chi connectivity index (χ4n) is 3.14. The van der Waals surface area contributed by atoms with Crippen molar-refractivity contribution in [3.8, 4) is 0 Å². The molecule has 0 radical (unpaired) electrons. The largest absolute Gasteiger partial charge is 0.371 e. The van der Waals surface area contributed by atoms with Gasteiger partial charge in [-0.05, 0) is 37.5 Å². The number of urea groups is 1. The molecule has 138 valence electrons. The maximum absolute atomic E-state index is 12.6. The van der Waals surface area contributed by atoms with E-state index in [9.17, 15) is 4.79 Å². The molecule has 1 aliphatic heterocycles. The summed E-state index contributed by atoms with van der Waals surface area (Å²) in [4.78, 5) is 14.5. The zero-order chi connectivity index (χ0) is 18.1. The first-order chi connectivity index (χ1) is 12.5. The van der Waals surface area contributed by atoms with Crippen LogP contribution < -0.4 is 5.32 Å². The fourth-order valence-corrected chi connectivity index (χ4v) is 4.04. The molecule has 2 heterocycles. The van der Waals surface area contributed by atoms with Crippen LogP contribution in [0.2, 0.25) is 0 Å². The predicted molar refractivity (Wildman–Crippen MR) is 100 cm³/mol. The van der Waals surface area contributed by atoms with Crippen LogP contribution in [0.3, 0.4) is 0 Å². The van der Waals surface area contributed by atoms with Crippen molar-refractivity contribution in [1.29, 1.82) is 0 Å². The van der Waals surface area contributed by atoms with Crippen molar-refractivity contribution in [2.24, 2.45) is 7.05 Å². The Balaban J connectivity index is 1.40.